The van der Waals surface area contributed by atoms with Gasteiger partial charge in [0.2, 0.25) is 0 Å². The Balaban J connectivity index is 1.96. The number of carbonyl (C=O) groups is 1. The average molecular weight is 341 g/mol. The number of hydrogen-bond acceptors (Lipinski definition) is 4. The van der Waals surface area contributed by atoms with Crippen LogP contribution in [0.1, 0.15) is 59.2 Å². The van der Waals surface area contributed by atoms with Crippen LogP contribution in [-0.2, 0) is 0 Å². The van der Waals surface area contributed by atoms with E-state index in [0.717, 1.165) is 49.3 Å². The van der Waals surface area contributed by atoms with E-state index in [1.54, 1.807) is 6.20 Å². The van der Waals surface area contributed by atoms with Gasteiger partial charge in [-0.05, 0) is 38.8 Å². The van der Waals surface area contributed by atoms with Gasteiger partial charge in [0.25, 0.3) is 5.91 Å². The van der Waals surface area contributed by atoms with Crippen molar-refractivity contribution in [3.63, 3.8) is 0 Å². The predicted octanol–water partition coefficient (Wildman–Crippen LogP) is 3.25. The van der Waals surface area contributed by atoms with E-state index in [-0.39, 0.29) is 11.9 Å². The zero-order valence-corrected chi connectivity index (χ0v) is 15.5. The molecule has 3 heterocycles. The zero-order chi connectivity index (χ0) is 18.0. The Bertz CT molecular complexity index is 733. The third-order valence-electron chi connectivity index (χ3n) is 5.01. The molecular formula is C19H27N5O. The molecule has 3 rings (SSSR count). The van der Waals surface area contributed by atoms with Crippen LogP contribution in [0.25, 0.3) is 0 Å². The summed E-state index contributed by atoms with van der Waals surface area (Å²) in [5, 5.41) is 7.41. The largest absolute Gasteiger partial charge is 0.378 e. The minimum absolute atomic E-state index is 0.00981. The number of nitrogens with one attached hydrogen (secondary N) is 1. The van der Waals surface area contributed by atoms with Gasteiger partial charge in [-0.15, -0.1) is 0 Å². The summed E-state index contributed by atoms with van der Waals surface area (Å²) in [4.78, 5) is 21.6. The molecule has 0 aliphatic carbocycles. The maximum atomic E-state index is 13.3. The maximum absolute atomic E-state index is 13.3. The number of aromatic nitrogens is 3. The van der Waals surface area contributed by atoms with Crippen LogP contribution in [0.2, 0.25) is 0 Å². The molecule has 1 aliphatic rings. The number of H-pyrrole nitrogens is 1. The lowest BCUT2D eigenvalue weighted by Gasteiger charge is -2.30. The van der Waals surface area contributed by atoms with Crippen molar-refractivity contribution >= 4 is 11.6 Å². The van der Waals surface area contributed by atoms with Crippen LogP contribution < -0.4 is 4.90 Å². The monoisotopic (exact) mass is 341 g/mol. The molecule has 1 atom stereocenters. The number of hydrogen-bond donors (Lipinski definition) is 1. The summed E-state index contributed by atoms with van der Waals surface area (Å²) in [7, 11) is 3.94. The first kappa shape index (κ1) is 17.5. The second kappa shape index (κ2) is 7.25. The number of aryl methyl sites for hydroxylation is 2. The molecular weight excluding hydrogens is 314 g/mol. The van der Waals surface area contributed by atoms with Crippen molar-refractivity contribution < 1.29 is 4.79 Å². The van der Waals surface area contributed by atoms with Crippen LogP contribution in [0.4, 0.5) is 5.69 Å². The second-order valence-electron chi connectivity index (χ2n) is 7.01. The van der Waals surface area contributed by atoms with Crippen LogP contribution in [-0.4, -0.2) is 46.6 Å². The number of nitrogens with zero attached hydrogens (tertiary/aromatic N) is 4. The van der Waals surface area contributed by atoms with E-state index in [4.69, 9.17) is 0 Å². The lowest BCUT2D eigenvalue weighted by molar-refractivity contribution is 0.0674. The van der Waals surface area contributed by atoms with Gasteiger partial charge >= 0.3 is 0 Å². The third kappa shape index (κ3) is 3.52. The standard InChI is InChI=1S/C19H27N5O/c1-13-18(14(2)22-21-13)17-8-6-5-7-11-24(17)19(25)16-12-15(23(3)4)9-10-20-16/h9-10,12,17H,5-8,11H2,1-4H3,(H,21,22). The quantitative estimate of drug-likeness (QED) is 0.931. The van der Waals surface area contributed by atoms with E-state index in [2.05, 4.69) is 15.2 Å². The van der Waals surface area contributed by atoms with E-state index in [1.165, 1.54) is 5.56 Å². The third-order valence-corrected chi connectivity index (χ3v) is 5.01. The molecule has 1 aliphatic heterocycles. The molecule has 0 saturated carbocycles. The molecule has 1 fully saturated rings. The van der Waals surface area contributed by atoms with Gasteiger partial charge in [0, 0.05) is 43.8 Å². The highest BCUT2D eigenvalue weighted by Gasteiger charge is 2.31. The van der Waals surface area contributed by atoms with Gasteiger partial charge < -0.3 is 9.80 Å². The fourth-order valence-electron chi connectivity index (χ4n) is 3.66. The number of amides is 1. The number of rotatable bonds is 3. The van der Waals surface area contributed by atoms with Crippen LogP contribution in [0.5, 0.6) is 0 Å². The Morgan fingerprint density at radius 3 is 2.76 bits per heavy atom. The van der Waals surface area contributed by atoms with Crippen LogP contribution in [0.15, 0.2) is 18.3 Å². The second-order valence-corrected chi connectivity index (χ2v) is 7.01. The lowest BCUT2D eigenvalue weighted by Crippen LogP contribution is -2.35. The first-order valence-corrected chi connectivity index (χ1v) is 8.95. The molecule has 2 aromatic heterocycles. The van der Waals surface area contributed by atoms with Gasteiger partial charge in [0.05, 0.1) is 11.7 Å². The number of pyridine rings is 1. The molecule has 1 amide bonds. The van der Waals surface area contributed by atoms with Crippen molar-refractivity contribution in [3.8, 4) is 0 Å². The minimum Gasteiger partial charge on any atom is -0.378 e. The van der Waals surface area contributed by atoms with Crippen molar-refractivity contribution in [3.05, 3.63) is 41.0 Å². The summed E-state index contributed by atoms with van der Waals surface area (Å²) in [6.45, 7) is 4.81. The Hall–Kier alpha value is -2.37. The van der Waals surface area contributed by atoms with Gasteiger partial charge in [-0.2, -0.15) is 5.10 Å². The Labute approximate surface area is 149 Å². The van der Waals surface area contributed by atoms with E-state index in [9.17, 15) is 4.79 Å². The van der Waals surface area contributed by atoms with E-state index in [0.29, 0.717) is 5.69 Å². The Morgan fingerprint density at radius 2 is 2.08 bits per heavy atom. The molecule has 0 radical (unpaired) electrons. The van der Waals surface area contributed by atoms with Crippen molar-refractivity contribution in [2.24, 2.45) is 0 Å². The van der Waals surface area contributed by atoms with Crippen molar-refractivity contribution in [2.45, 2.75) is 45.6 Å². The highest BCUT2D eigenvalue weighted by Crippen LogP contribution is 2.34. The average Bonchev–Trinajstić information content (AvgIpc) is 2.80. The summed E-state index contributed by atoms with van der Waals surface area (Å²) < 4.78 is 0. The van der Waals surface area contributed by atoms with Gasteiger partial charge in [-0.1, -0.05) is 12.8 Å². The van der Waals surface area contributed by atoms with Crippen LogP contribution in [0, 0.1) is 13.8 Å². The summed E-state index contributed by atoms with van der Waals surface area (Å²) in [6.07, 6.45) is 6.00. The smallest absolute Gasteiger partial charge is 0.273 e. The Kier molecular flexibility index (Phi) is 5.06. The highest BCUT2D eigenvalue weighted by molar-refractivity contribution is 5.93. The number of anilines is 1. The Morgan fingerprint density at radius 1 is 1.28 bits per heavy atom. The maximum Gasteiger partial charge on any atom is 0.273 e. The van der Waals surface area contributed by atoms with Gasteiger partial charge in [0.1, 0.15) is 5.69 Å². The molecule has 1 N–H and O–H groups in total. The van der Waals surface area contributed by atoms with E-state index >= 15 is 0 Å². The van der Waals surface area contributed by atoms with Gasteiger partial charge in [-0.3, -0.25) is 14.9 Å². The summed E-state index contributed by atoms with van der Waals surface area (Å²) >= 11 is 0. The fourth-order valence-corrected chi connectivity index (χ4v) is 3.66. The molecule has 2 aromatic rings. The van der Waals surface area contributed by atoms with Gasteiger partial charge in [0.15, 0.2) is 0 Å². The summed E-state index contributed by atoms with van der Waals surface area (Å²) in [5.41, 5.74) is 4.70. The molecule has 6 nitrogen and oxygen atoms in total. The number of carbonyl (C=O) groups excluding carboxylic acids is 1. The fraction of sp³-hybridized carbons (Fsp3) is 0.526. The molecule has 0 spiro atoms. The summed E-state index contributed by atoms with van der Waals surface area (Å²) in [6, 6.07) is 3.86. The number of likely N-dealkylation sites (tertiary alicyclic amines) is 1. The molecule has 0 aromatic carbocycles. The van der Waals surface area contributed by atoms with Crippen LogP contribution in [0.3, 0.4) is 0 Å². The van der Waals surface area contributed by atoms with Crippen molar-refractivity contribution in [1.82, 2.24) is 20.1 Å². The SMILES string of the molecule is Cc1n[nH]c(C)c1C1CCCCCN1C(=O)c1cc(N(C)C)ccn1. The molecule has 0 bridgehead atoms. The zero-order valence-electron chi connectivity index (χ0n) is 15.5. The normalized spacial score (nSPS) is 18.1. The van der Waals surface area contributed by atoms with Crippen molar-refractivity contribution in [1.29, 1.82) is 0 Å². The molecule has 1 unspecified atom stereocenters. The topological polar surface area (TPSA) is 65.1 Å². The first-order chi connectivity index (χ1) is 12.0. The number of aromatic amines is 1. The summed E-state index contributed by atoms with van der Waals surface area (Å²) in [5.74, 6) is 0.00981. The minimum atomic E-state index is 0.00981. The molecule has 25 heavy (non-hydrogen) atoms. The van der Waals surface area contributed by atoms with Crippen molar-refractivity contribution in [2.75, 3.05) is 25.5 Å². The van der Waals surface area contributed by atoms with Gasteiger partial charge in [-0.25, -0.2) is 0 Å². The molecule has 134 valence electrons. The van der Waals surface area contributed by atoms with Crippen LogP contribution >= 0.6 is 0 Å². The molecule has 6 heteroatoms. The highest BCUT2D eigenvalue weighted by atomic mass is 16.2. The van der Waals surface area contributed by atoms with E-state index in [1.807, 2.05) is 49.9 Å². The van der Waals surface area contributed by atoms with E-state index < -0.39 is 0 Å². The lowest BCUT2D eigenvalue weighted by atomic mass is 9.98. The molecule has 1 saturated heterocycles. The first-order valence-electron chi connectivity index (χ1n) is 8.95. The predicted molar refractivity (Wildman–Crippen MR) is 98.9 cm³/mol.